The minimum Gasteiger partial charge on any atom is -0.476 e. The number of hydrogen-bond donors (Lipinski definition) is 2. The topological polar surface area (TPSA) is 136 Å². The van der Waals surface area contributed by atoms with Gasteiger partial charge in [0.1, 0.15) is 0 Å². The van der Waals surface area contributed by atoms with Gasteiger partial charge in [0.25, 0.3) is 0 Å². The molecule has 0 aliphatic rings. The zero-order valence-electron chi connectivity index (χ0n) is 11.3. The normalized spacial score (nSPS) is 10.5. The summed E-state index contributed by atoms with van der Waals surface area (Å²) in [7, 11) is 0. The van der Waals surface area contributed by atoms with E-state index in [4.69, 9.17) is 9.63 Å². The van der Waals surface area contributed by atoms with E-state index >= 15 is 0 Å². The van der Waals surface area contributed by atoms with Crippen molar-refractivity contribution in [2.45, 2.75) is 26.3 Å². The second-order valence-corrected chi connectivity index (χ2v) is 4.26. The standard InChI is InChI=1S/C11H14N6O4/c1-7-13-10(21-15-7)3-2-9(18)12-4-5-17-6-8(11(19)20)14-16-17/h6H,2-5H2,1H3,(H,12,18)(H,19,20). The summed E-state index contributed by atoms with van der Waals surface area (Å²) in [6, 6.07) is 0. The highest BCUT2D eigenvalue weighted by atomic mass is 16.5. The smallest absolute Gasteiger partial charge is 0.358 e. The number of nitrogens with one attached hydrogen (secondary N) is 1. The predicted octanol–water partition coefficient (Wildman–Crippen LogP) is -0.583. The van der Waals surface area contributed by atoms with Crippen LogP contribution >= 0.6 is 0 Å². The Labute approximate surface area is 119 Å². The zero-order chi connectivity index (χ0) is 15.2. The second kappa shape index (κ2) is 6.59. The molecule has 2 rings (SSSR count). The van der Waals surface area contributed by atoms with Crippen LogP contribution in [0, 0.1) is 6.92 Å². The molecule has 0 aromatic carbocycles. The molecule has 0 aliphatic carbocycles. The van der Waals surface area contributed by atoms with Gasteiger partial charge in [-0.05, 0) is 6.92 Å². The predicted molar refractivity (Wildman–Crippen MR) is 67.3 cm³/mol. The quantitative estimate of drug-likeness (QED) is 0.692. The number of carbonyl (C=O) groups excluding carboxylic acids is 1. The number of rotatable bonds is 7. The van der Waals surface area contributed by atoms with Crippen molar-refractivity contribution >= 4 is 11.9 Å². The van der Waals surface area contributed by atoms with Gasteiger partial charge in [-0.2, -0.15) is 4.98 Å². The van der Waals surface area contributed by atoms with Crippen LogP contribution in [0.3, 0.4) is 0 Å². The molecule has 0 saturated carbocycles. The van der Waals surface area contributed by atoms with Gasteiger partial charge in [-0.15, -0.1) is 5.10 Å². The van der Waals surface area contributed by atoms with Crippen molar-refractivity contribution < 1.29 is 19.2 Å². The van der Waals surface area contributed by atoms with E-state index in [9.17, 15) is 9.59 Å². The number of nitrogens with zero attached hydrogens (tertiary/aromatic N) is 5. The lowest BCUT2D eigenvalue weighted by molar-refractivity contribution is -0.121. The first kappa shape index (κ1) is 14.6. The maximum Gasteiger partial charge on any atom is 0.358 e. The van der Waals surface area contributed by atoms with Crippen LogP contribution < -0.4 is 5.32 Å². The van der Waals surface area contributed by atoms with E-state index in [1.165, 1.54) is 10.9 Å². The molecule has 0 aliphatic heterocycles. The third-order valence-corrected chi connectivity index (χ3v) is 2.56. The molecular formula is C11H14N6O4. The van der Waals surface area contributed by atoms with E-state index in [0.717, 1.165) is 0 Å². The van der Waals surface area contributed by atoms with E-state index < -0.39 is 5.97 Å². The number of aryl methyl sites for hydroxylation is 2. The molecular weight excluding hydrogens is 280 g/mol. The van der Waals surface area contributed by atoms with Crippen LogP contribution in [0.1, 0.15) is 28.6 Å². The Kier molecular flexibility index (Phi) is 4.59. The van der Waals surface area contributed by atoms with Crippen molar-refractivity contribution in [1.29, 1.82) is 0 Å². The summed E-state index contributed by atoms with van der Waals surface area (Å²) in [5, 5.41) is 22.1. The van der Waals surface area contributed by atoms with Crippen molar-refractivity contribution in [3.8, 4) is 0 Å². The summed E-state index contributed by atoms with van der Waals surface area (Å²) in [5.74, 6) is -0.347. The van der Waals surface area contributed by atoms with Gasteiger partial charge < -0.3 is 14.9 Å². The van der Waals surface area contributed by atoms with Crippen LogP contribution in [0.2, 0.25) is 0 Å². The summed E-state index contributed by atoms with van der Waals surface area (Å²) in [6.45, 7) is 2.37. The van der Waals surface area contributed by atoms with Gasteiger partial charge in [0.2, 0.25) is 11.8 Å². The molecule has 2 aromatic rings. The van der Waals surface area contributed by atoms with Crippen LogP contribution in [0.15, 0.2) is 10.7 Å². The highest BCUT2D eigenvalue weighted by molar-refractivity contribution is 5.84. The van der Waals surface area contributed by atoms with Crippen LogP contribution in [0.4, 0.5) is 0 Å². The molecule has 2 aromatic heterocycles. The van der Waals surface area contributed by atoms with Gasteiger partial charge in [-0.3, -0.25) is 4.79 Å². The van der Waals surface area contributed by atoms with E-state index in [2.05, 4.69) is 25.8 Å². The molecule has 10 heteroatoms. The van der Waals surface area contributed by atoms with Gasteiger partial charge in [0, 0.05) is 19.4 Å². The van der Waals surface area contributed by atoms with Gasteiger partial charge in [0.15, 0.2) is 11.5 Å². The number of carboxylic acids is 1. The van der Waals surface area contributed by atoms with Crippen LogP contribution in [-0.2, 0) is 17.8 Å². The molecule has 2 heterocycles. The van der Waals surface area contributed by atoms with E-state index in [-0.39, 0.29) is 18.0 Å². The Morgan fingerprint density at radius 1 is 1.48 bits per heavy atom. The Bertz CT molecular complexity index is 634. The lowest BCUT2D eigenvalue weighted by Crippen LogP contribution is -2.27. The number of aromatic carboxylic acids is 1. The van der Waals surface area contributed by atoms with Gasteiger partial charge in [-0.25, -0.2) is 9.48 Å². The van der Waals surface area contributed by atoms with E-state index in [1.807, 2.05) is 0 Å². The minimum atomic E-state index is -1.14. The first-order valence-corrected chi connectivity index (χ1v) is 6.24. The summed E-state index contributed by atoms with van der Waals surface area (Å²) in [5.41, 5.74) is -0.131. The summed E-state index contributed by atoms with van der Waals surface area (Å²) in [4.78, 5) is 26.2. The molecule has 0 bridgehead atoms. The Hall–Kier alpha value is -2.78. The zero-order valence-corrected chi connectivity index (χ0v) is 11.3. The Morgan fingerprint density at radius 2 is 2.29 bits per heavy atom. The maximum atomic E-state index is 11.6. The Morgan fingerprint density at radius 3 is 2.90 bits per heavy atom. The van der Waals surface area contributed by atoms with E-state index in [1.54, 1.807) is 6.92 Å². The van der Waals surface area contributed by atoms with Crippen molar-refractivity contribution in [1.82, 2.24) is 30.5 Å². The molecule has 10 nitrogen and oxygen atoms in total. The molecule has 0 atom stereocenters. The molecule has 0 spiro atoms. The highest BCUT2D eigenvalue weighted by Crippen LogP contribution is 1.99. The molecule has 0 radical (unpaired) electrons. The molecule has 0 unspecified atom stereocenters. The molecule has 112 valence electrons. The SMILES string of the molecule is Cc1noc(CCC(=O)NCCn2cc(C(=O)O)nn2)n1. The Balaban J connectivity index is 1.67. The maximum absolute atomic E-state index is 11.6. The molecule has 0 saturated heterocycles. The number of carboxylic acid groups (broad SMARTS) is 1. The summed E-state index contributed by atoms with van der Waals surface area (Å²) in [6.07, 6.45) is 1.91. The average molecular weight is 294 g/mol. The number of amides is 1. The number of hydrogen-bond acceptors (Lipinski definition) is 7. The minimum absolute atomic E-state index is 0.131. The van der Waals surface area contributed by atoms with E-state index in [0.29, 0.717) is 31.2 Å². The monoisotopic (exact) mass is 294 g/mol. The molecule has 0 fully saturated rings. The molecule has 21 heavy (non-hydrogen) atoms. The average Bonchev–Trinajstić information content (AvgIpc) is 3.05. The first-order valence-electron chi connectivity index (χ1n) is 6.24. The largest absolute Gasteiger partial charge is 0.476 e. The third-order valence-electron chi connectivity index (χ3n) is 2.56. The summed E-state index contributed by atoms with van der Waals surface area (Å²) >= 11 is 0. The lowest BCUT2D eigenvalue weighted by Gasteiger charge is -2.03. The first-order chi connectivity index (χ1) is 10.0. The summed E-state index contributed by atoms with van der Waals surface area (Å²) < 4.78 is 6.25. The van der Waals surface area contributed by atoms with Crippen LogP contribution in [-0.4, -0.2) is 48.7 Å². The number of aromatic nitrogens is 5. The second-order valence-electron chi connectivity index (χ2n) is 4.26. The van der Waals surface area contributed by atoms with Crippen LogP contribution in [0.25, 0.3) is 0 Å². The van der Waals surface area contributed by atoms with Crippen molar-refractivity contribution in [3.63, 3.8) is 0 Å². The fraction of sp³-hybridized carbons (Fsp3) is 0.455. The highest BCUT2D eigenvalue weighted by Gasteiger charge is 2.09. The van der Waals surface area contributed by atoms with Crippen molar-refractivity contribution in [2.75, 3.05) is 6.54 Å². The van der Waals surface area contributed by atoms with Gasteiger partial charge in [-0.1, -0.05) is 10.4 Å². The fourth-order valence-electron chi connectivity index (χ4n) is 1.57. The van der Waals surface area contributed by atoms with Crippen molar-refractivity contribution in [2.24, 2.45) is 0 Å². The number of carbonyl (C=O) groups is 2. The lowest BCUT2D eigenvalue weighted by atomic mass is 10.3. The molecule has 2 N–H and O–H groups in total. The van der Waals surface area contributed by atoms with Crippen molar-refractivity contribution in [3.05, 3.63) is 23.6 Å². The van der Waals surface area contributed by atoms with Gasteiger partial charge >= 0.3 is 5.97 Å². The van der Waals surface area contributed by atoms with Crippen LogP contribution in [0.5, 0.6) is 0 Å². The van der Waals surface area contributed by atoms with Gasteiger partial charge in [0.05, 0.1) is 12.7 Å². The molecule has 1 amide bonds. The third kappa shape index (κ3) is 4.37. The fourth-order valence-corrected chi connectivity index (χ4v) is 1.57.